The van der Waals surface area contributed by atoms with Crippen molar-refractivity contribution in [2.45, 2.75) is 0 Å². The maximum absolute atomic E-state index is 11.3. The average molecular weight is 893 g/mol. The number of benzene rings is 11. The summed E-state index contributed by atoms with van der Waals surface area (Å²) >= 11 is 0. The van der Waals surface area contributed by atoms with Crippen molar-refractivity contribution in [1.29, 1.82) is 10.5 Å². The number of hydrogen-bond donors (Lipinski definition) is 0. The van der Waals surface area contributed by atoms with Crippen LogP contribution in [0.1, 0.15) is 11.1 Å². The van der Waals surface area contributed by atoms with Crippen LogP contribution in [0.25, 0.3) is 76.5 Å². The molecule has 6 nitrogen and oxygen atoms in total. The van der Waals surface area contributed by atoms with Crippen LogP contribution >= 0.6 is 0 Å². The second-order valence-corrected chi connectivity index (χ2v) is 17.5. The second-order valence-electron chi connectivity index (χ2n) is 17.5. The van der Waals surface area contributed by atoms with Gasteiger partial charge >= 0.3 is 0 Å². The predicted molar refractivity (Wildman–Crippen MR) is 289 cm³/mol. The van der Waals surface area contributed by atoms with Crippen LogP contribution in [0.15, 0.2) is 243 Å². The second kappa shape index (κ2) is 16.5. The molecule has 13 aromatic rings. The van der Waals surface area contributed by atoms with Gasteiger partial charge in [0.1, 0.15) is 12.1 Å². The first-order valence-corrected chi connectivity index (χ1v) is 23.4. The molecule has 0 saturated heterocycles. The predicted octanol–water partition coefficient (Wildman–Crippen LogP) is 16.9. The highest BCUT2D eigenvalue weighted by Crippen LogP contribution is 2.47. The van der Waals surface area contributed by atoms with Gasteiger partial charge in [-0.2, -0.15) is 10.5 Å². The van der Waals surface area contributed by atoms with Crippen LogP contribution in [-0.2, 0) is 0 Å². The van der Waals surface area contributed by atoms with Crippen molar-refractivity contribution in [2.24, 2.45) is 0 Å². The lowest BCUT2D eigenvalue weighted by Gasteiger charge is -2.26. The number of hydrogen-bond acceptors (Lipinski definition) is 4. The van der Waals surface area contributed by atoms with E-state index in [2.05, 4.69) is 237 Å². The number of aromatic nitrogens is 2. The maximum Gasteiger partial charge on any atom is 0.101 e. The minimum Gasteiger partial charge on any atom is -0.310 e. The zero-order chi connectivity index (χ0) is 46.7. The summed E-state index contributed by atoms with van der Waals surface area (Å²) in [5.74, 6) is 0. The van der Waals surface area contributed by atoms with E-state index >= 15 is 0 Å². The number of fused-ring (bicyclic) bond motifs is 10. The van der Waals surface area contributed by atoms with Gasteiger partial charge in [0.2, 0.25) is 0 Å². The smallest absolute Gasteiger partial charge is 0.101 e. The topological polar surface area (TPSA) is 63.9 Å². The quantitative estimate of drug-likeness (QED) is 0.152. The van der Waals surface area contributed by atoms with Crippen LogP contribution in [0.3, 0.4) is 0 Å². The number of anilines is 6. The molecule has 2 heterocycles. The van der Waals surface area contributed by atoms with Gasteiger partial charge in [-0.1, -0.05) is 133 Å². The monoisotopic (exact) mass is 892 g/mol. The molecular formula is C64H40N6. The summed E-state index contributed by atoms with van der Waals surface area (Å²) in [6.45, 7) is 0. The lowest BCUT2D eigenvalue weighted by atomic mass is 10.0. The molecule has 0 amide bonds. The van der Waals surface area contributed by atoms with Crippen LogP contribution in [0.5, 0.6) is 0 Å². The Balaban J connectivity index is 1.14. The highest BCUT2D eigenvalue weighted by atomic mass is 15.2. The molecule has 13 rings (SSSR count). The van der Waals surface area contributed by atoms with E-state index in [9.17, 15) is 10.5 Å². The highest BCUT2D eigenvalue weighted by molar-refractivity contribution is 6.24. The molecular weight excluding hydrogens is 853 g/mol. The number of rotatable bonds is 8. The van der Waals surface area contributed by atoms with E-state index in [-0.39, 0.29) is 0 Å². The summed E-state index contributed by atoms with van der Waals surface area (Å²) < 4.78 is 4.45. The van der Waals surface area contributed by atoms with Crippen molar-refractivity contribution in [2.75, 3.05) is 9.80 Å². The van der Waals surface area contributed by atoms with Crippen molar-refractivity contribution >= 4 is 99.3 Å². The highest BCUT2D eigenvalue weighted by Gasteiger charge is 2.27. The zero-order valence-electron chi connectivity index (χ0n) is 37.8. The van der Waals surface area contributed by atoms with Crippen molar-refractivity contribution in [3.63, 3.8) is 0 Å². The molecule has 0 spiro atoms. The fourth-order valence-electron chi connectivity index (χ4n) is 10.7. The molecule has 6 heteroatoms. The van der Waals surface area contributed by atoms with Crippen LogP contribution in [-0.4, -0.2) is 9.13 Å². The Kier molecular flexibility index (Phi) is 9.50. The van der Waals surface area contributed by atoms with Gasteiger partial charge in [0.05, 0.1) is 44.6 Å². The first kappa shape index (κ1) is 40.4. The molecule has 70 heavy (non-hydrogen) atoms. The van der Waals surface area contributed by atoms with Gasteiger partial charge in [-0.25, -0.2) is 0 Å². The van der Waals surface area contributed by atoms with E-state index in [4.69, 9.17) is 0 Å². The van der Waals surface area contributed by atoms with E-state index in [1.54, 1.807) is 12.1 Å². The summed E-state index contributed by atoms with van der Waals surface area (Å²) in [4.78, 5) is 4.56. The minimum atomic E-state index is 0.451. The van der Waals surface area contributed by atoms with Crippen molar-refractivity contribution in [3.8, 4) is 23.5 Å². The molecule has 0 bridgehead atoms. The Labute approximate surface area is 404 Å². The molecule has 11 aromatic carbocycles. The van der Waals surface area contributed by atoms with Gasteiger partial charge in [-0.05, 0) is 131 Å². The van der Waals surface area contributed by atoms with E-state index in [0.29, 0.717) is 22.5 Å². The maximum atomic E-state index is 11.3. The van der Waals surface area contributed by atoms with Gasteiger partial charge in [-0.3, -0.25) is 0 Å². The lowest BCUT2D eigenvalue weighted by molar-refractivity contribution is 1.08. The van der Waals surface area contributed by atoms with Gasteiger partial charge in [-0.15, -0.1) is 0 Å². The Bertz CT molecular complexity index is 3900. The normalized spacial score (nSPS) is 11.4. The molecule has 0 aliphatic carbocycles. The summed E-state index contributed by atoms with van der Waals surface area (Å²) in [6.07, 6.45) is 0. The van der Waals surface area contributed by atoms with Crippen LogP contribution < -0.4 is 9.80 Å². The van der Waals surface area contributed by atoms with Crippen LogP contribution in [0.2, 0.25) is 0 Å². The summed E-state index contributed by atoms with van der Waals surface area (Å²) in [7, 11) is 0. The largest absolute Gasteiger partial charge is 0.310 e. The third-order valence-electron chi connectivity index (χ3n) is 13.7. The first-order valence-electron chi connectivity index (χ1n) is 23.4. The fourth-order valence-corrected chi connectivity index (χ4v) is 10.7. The number of nitriles is 2. The van der Waals surface area contributed by atoms with E-state index in [0.717, 1.165) is 99.3 Å². The van der Waals surface area contributed by atoms with Crippen molar-refractivity contribution in [3.05, 3.63) is 254 Å². The molecule has 0 atom stereocenters. The average Bonchev–Trinajstić information content (AvgIpc) is 3.94. The SMILES string of the molecule is N#Cc1ccc(C#N)c(-n2c3ccc(N(c4ccccc4)c4ccccc4)cc3c3c4ccccc4ccc32)c1-n1c2ccc(N(c3ccccc3)c3ccccc3)cc2c2c3ccccc3ccc21. The van der Waals surface area contributed by atoms with Crippen LogP contribution in [0, 0.1) is 22.7 Å². The molecule has 0 aliphatic rings. The third-order valence-corrected chi connectivity index (χ3v) is 13.7. The lowest BCUT2D eigenvalue weighted by Crippen LogP contribution is -2.10. The minimum absolute atomic E-state index is 0.451. The summed E-state index contributed by atoms with van der Waals surface area (Å²) in [5, 5.41) is 31.2. The third kappa shape index (κ3) is 6.33. The molecule has 0 N–H and O–H groups in total. The summed E-state index contributed by atoms with van der Waals surface area (Å²) in [5.41, 5.74) is 12.0. The van der Waals surface area contributed by atoms with Gasteiger partial charge < -0.3 is 18.9 Å². The van der Waals surface area contributed by atoms with Gasteiger partial charge in [0.15, 0.2) is 0 Å². The Morgan fingerprint density at radius 3 is 0.971 bits per heavy atom. The van der Waals surface area contributed by atoms with Crippen molar-refractivity contribution < 1.29 is 0 Å². The van der Waals surface area contributed by atoms with Gasteiger partial charge in [0, 0.05) is 55.7 Å². The molecule has 0 fully saturated rings. The van der Waals surface area contributed by atoms with Gasteiger partial charge in [0.25, 0.3) is 0 Å². The van der Waals surface area contributed by atoms with E-state index in [1.807, 2.05) is 24.3 Å². The molecule has 2 aromatic heterocycles. The van der Waals surface area contributed by atoms with Crippen LogP contribution in [0.4, 0.5) is 34.1 Å². The van der Waals surface area contributed by atoms with Crippen molar-refractivity contribution in [1.82, 2.24) is 9.13 Å². The zero-order valence-corrected chi connectivity index (χ0v) is 37.8. The van der Waals surface area contributed by atoms with E-state index < -0.39 is 0 Å². The molecule has 0 unspecified atom stereocenters. The fraction of sp³-hybridized carbons (Fsp3) is 0. The Morgan fingerprint density at radius 2 is 0.614 bits per heavy atom. The Hall–Kier alpha value is -9.88. The summed E-state index contributed by atoms with van der Waals surface area (Å²) in [6, 6.07) is 89.4. The first-order chi connectivity index (χ1) is 34.7. The molecule has 0 radical (unpaired) electrons. The standard InChI is InChI=1S/C64H40N6/c65-41-45-29-30-46(42-66)64(70-58-38-34-52(68(49-23-9-3-10-24-49)50-25-11-4-12-26-50)40-56(58)62-54-28-16-14-18-44(54)32-36-60(62)70)63(45)69-57-37-33-51(67(47-19-5-1-6-20-47)48-21-7-2-8-22-48)39-55(57)61-53-27-15-13-17-43(53)31-35-59(61)69/h1-40H. The molecule has 0 aliphatic heterocycles. The van der Waals surface area contributed by atoms with E-state index in [1.165, 1.54) is 0 Å². The Morgan fingerprint density at radius 1 is 0.286 bits per heavy atom. The molecule has 0 saturated carbocycles. The number of nitrogens with zero attached hydrogens (tertiary/aromatic N) is 6. The number of para-hydroxylation sites is 4. The molecule has 326 valence electrons.